The fourth-order valence-corrected chi connectivity index (χ4v) is 8.47. The van der Waals surface area contributed by atoms with Crippen LogP contribution in [0.1, 0.15) is 186 Å². The molecule has 0 aromatic rings. The molecule has 4 heteroatoms. The van der Waals surface area contributed by atoms with E-state index in [4.69, 9.17) is 9.47 Å². The van der Waals surface area contributed by atoms with Crippen LogP contribution in [0.4, 0.5) is 0 Å². The van der Waals surface area contributed by atoms with Crippen molar-refractivity contribution >= 4 is 11.9 Å². The Labute approximate surface area is 368 Å². The molecule has 4 nitrogen and oxygen atoms in total. The zero-order valence-electron chi connectivity index (χ0n) is 40.2. The Hall–Kier alpha value is -3.92. The molecule has 332 valence electrons. The second kappa shape index (κ2) is 27.8. The van der Waals surface area contributed by atoms with Crippen LogP contribution < -0.4 is 0 Å². The summed E-state index contributed by atoms with van der Waals surface area (Å²) in [5, 5.41) is 0. The summed E-state index contributed by atoms with van der Waals surface area (Å²) in [6.45, 7) is 26.3. The molecular formula is C56H84O4. The second-order valence-corrected chi connectivity index (χ2v) is 18.9. The molecule has 0 saturated carbocycles. The van der Waals surface area contributed by atoms with E-state index in [1.165, 1.54) is 83.1 Å². The lowest BCUT2D eigenvalue weighted by Crippen LogP contribution is -2.31. The topological polar surface area (TPSA) is 52.6 Å². The van der Waals surface area contributed by atoms with Gasteiger partial charge in [0.2, 0.25) is 0 Å². The number of unbranched alkanes of at least 4 members (excludes halogenated alkanes) is 8. The Morgan fingerprint density at radius 2 is 0.850 bits per heavy atom. The van der Waals surface area contributed by atoms with E-state index < -0.39 is 0 Å². The minimum atomic E-state index is -0.0504. The third-order valence-corrected chi connectivity index (χ3v) is 11.8. The van der Waals surface area contributed by atoms with Crippen LogP contribution >= 0.6 is 0 Å². The van der Waals surface area contributed by atoms with Crippen LogP contribution in [0.2, 0.25) is 0 Å². The molecule has 0 heterocycles. The molecular weight excluding hydrogens is 737 g/mol. The number of carbonyl (C=O) groups excluding carboxylic acids is 2. The van der Waals surface area contributed by atoms with Crippen LogP contribution in [0, 0.1) is 10.8 Å². The zero-order chi connectivity index (χ0) is 44.6. The Morgan fingerprint density at radius 1 is 0.517 bits per heavy atom. The van der Waals surface area contributed by atoms with Gasteiger partial charge < -0.3 is 9.47 Å². The summed E-state index contributed by atoms with van der Waals surface area (Å²) in [4.78, 5) is 25.0. The first-order chi connectivity index (χ1) is 28.5. The van der Waals surface area contributed by atoms with E-state index in [0.29, 0.717) is 12.8 Å². The van der Waals surface area contributed by atoms with Crippen LogP contribution in [0.15, 0.2) is 130 Å². The summed E-state index contributed by atoms with van der Waals surface area (Å²) >= 11 is 0. The highest BCUT2D eigenvalue weighted by Crippen LogP contribution is 2.43. The first kappa shape index (κ1) is 52.2. The summed E-state index contributed by atoms with van der Waals surface area (Å²) < 4.78 is 11.9. The van der Waals surface area contributed by atoms with Gasteiger partial charge in [0.1, 0.15) is 12.2 Å². The quantitative estimate of drug-likeness (QED) is 0.0553. The summed E-state index contributed by atoms with van der Waals surface area (Å²) in [6.07, 6.45) is 45.8. The van der Waals surface area contributed by atoms with Gasteiger partial charge >= 0.3 is 11.9 Å². The van der Waals surface area contributed by atoms with Gasteiger partial charge in [-0.3, -0.25) is 9.59 Å². The third kappa shape index (κ3) is 21.0. The van der Waals surface area contributed by atoms with Crippen molar-refractivity contribution < 1.29 is 19.1 Å². The van der Waals surface area contributed by atoms with Crippen LogP contribution in [-0.2, 0) is 19.1 Å². The number of ether oxygens (including phenoxy) is 2. The molecule has 0 N–H and O–H groups in total. The van der Waals surface area contributed by atoms with Gasteiger partial charge in [-0.15, -0.1) is 0 Å². The largest absolute Gasteiger partial charge is 0.462 e. The number of esters is 2. The van der Waals surface area contributed by atoms with Gasteiger partial charge in [0.15, 0.2) is 0 Å². The lowest BCUT2D eigenvalue weighted by Gasteiger charge is -2.37. The molecule has 2 rings (SSSR count). The lowest BCUT2D eigenvalue weighted by atomic mass is 9.71. The predicted molar refractivity (Wildman–Crippen MR) is 259 cm³/mol. The molecule has 0 fully saturated rings. The van der Waals surface area contributed by atoms with E-state index in [9.17, 15) is 9.59 Å². The number of carbonyl (C=O) groups is 2. The first-order valence-electron chi connectivity index (χ1n) is 23.3. The highest BCUT2D eigenvalue weighted by molar-refractivity contribution is 5.70. The Balaban J connectivity index is 1.87. The van der Waals surface area contributed by atoms with Gasteiger partial charge in [0.25, 0.3) is 0 Å². The minimum absolute atomic E-state index is 0.0345. The summed E-state index contributed by atoms with van der Waals surface area (Å²) in [5.74, 6) is -0.0829. The fraction of sp³-hybridized carbons (Fsp3) is 0.571. The Kier molecular flexibility index (Phi) is 24.2. The first-order valence-corrected chi connectivity index (χ1v) is 23.3. The lowest BCUT2D eigenvalue weighted by molar-refractivity contribution is -0.151. The predicted octanol–water partition coefficient (Wildman–Crippen LogP) is 16.4. The molecule has 0 bridgehead atoms. The maximum atomic E-state index is 12.5. The maximum Gasteiger partial charge on any atom is 0.306 e. The van der Waals surface area contributed by atoms with E-state index in [1.54, 1.807) is 0 Å². The van der Waals surface area contributed by atoms with Crippen LogP contribution in [0.5, 0.6) is 0 Å². The zero-order valence-corrected chi connectivity index (χ0v) is 40.2. The van der Waals surface area contributed by atoms with Gasteiger partial charge in [0.05, 0.1) is 0 Å². The third-order valence-electron chi connectivity index (χ3n) is 11.8. The fourth-order valence-electron chi connectivity index (χ4n) is 8.47. The molecule has 0 aromatic carbocycles. The molecule has 0 aromatic heterocycles. The van der Waals surface area contributed by atoms with Crippen LogP contribution in [0.25, 0.3) is 0 Å². The molecule has 2 aliphatic carbocycles. The van der Waals surface area contributed by atoms with Crippen molar-refractivity contribution in [3.8, 4) is 0 Å². The van der Waals surface area contributed by atoms with Crippen molar-refractivity contribution in [2.24, 2.45) is 10.8 Å². The number of hydrogen-bond donors (Lipinski definition) is 0. The minimum Gasteiger partial charge on any atom is -0.462 e. The van der Waals surface area contributed by atoms with Crippen molar-refractivity contribution in [1.29, 1.82) is 0 Å². The summed E-state index contributed by atoms with van der Waals surface area (Å²) in [5.41, 5.74) is 9.94. The van der Waals surface area contributed by atoms with Crippen LogP contribution in [-0.4, -0.2) is 24.1 Å². The second-order valence-electron chi connectivity index (χ2n) is 18.9. The normalized spacial score (nSPS) is 20.9. The average molecular weight is 821 g/mol. The molecule has 0 amide bonds. The average Bonchev–Trinajstić information content (AvgIpc) is 3.15. The van der Waals surface area contributed by atoms with E-state index >= 15 is 0 Å². The van der Waals surface area contributed by atoms with Crippen molar-refractivity contribution in [3.05, 3.63) is 130 Å². The van der Waals surface area contributed by atoms with E-state index in [2.05, 4.69) is 168 Å². The number of hydrogen-bond acceptors (Lipinski definition) is 4. The number of rotatable bonds is 24. The van der Waals surface area contributed by atoms with Crippen LogP contribution in [0.3, 0.4) is 0 Å². The maximum absolute atomic E-state index is 12.5. The SMILES string of the molecule is CCCCCCCC(=O)OC1CC(C)=C(C=CC(C)=CC=CC(C)=CC=CC=C(C)C=CC=C(C)C=CC2=C(C)CC(OC(=O)CCCCCCC)CC2(C)C)C(C)(C)C1. The molecule has 2 unspecified atom stereocenters. The van der Waals surface area contributed by atoms with Gasteiger partial charge in [0, 0.05) is 25.7 Å². The molecule has 2 aliphatic rings. The molecule has 0 spiro atoms. The number of allylic oxidation sites excluding steroid dienone is 20. The van der Waals surface area contributed by atoms with Gasteiger partial charge in [-0.1, -0.05) is 211 Å². The highest BCUT2D eigenvalue weighted by atomic mass is 16.5. The summed E-state index contributed by atoms with van der Waals surface area (Å²) in [6, 6.07) is 0. The van der Waals surface area contributed by atoms with E-state index in [1.807, 2.05) is 0 Å². The molecule has 0 saturated heterocycles. The van der Waals surface area contributed by atoms with E-state index in [0.717, 1.165) is 51.4 Å². The van der Waals surface area contributed by atoms with Gasteiger partial charge in [-0.25, -0.2) is 0 Å². The van der Waals surface area contributed by atoms with Crippen molar-refractivity contribution in [2.45, 2.75) is 198 Å². The molecule has 2 atom stereocenters. The Bertz CT molecular complexity index is 1590. The molecule has 0 radical (unpaired) electrons. The van der Waals surface area contributed by atoms with E-state index in [-0.39, 0.29) is 35.0 Å². The molecule has 60 heavy (non-hydrogen) atoms. The summed E-state index contributed by atoms with van der Waals surface area (Å²) in [7, 11) is 0. The van der Waals surface area contributed by atoms with Gasteiger partial charge in [-0.05, 0) is 89.2 Å². The molecule has 0 aliphatic heterocycles. The monoisotopic (exact) mass is 821 g/mol. The van der Waals surface area contributed by atoms with Gasteiger partial charge in [-0.2, -0.15) is 0 Å². The smallest absolute Gasteiger partial charge is 0.306 e. The Morgan fingerprint density at radius 3 is 1.20 bits per heavy atom. The van der Waals surface area contributed by atoms with Crippen molar-refractivity contribution in [2.75, 3.05) is 0 Å². The standard InChI is InChI=1S/C56H84O4/c1-13-15-17-19-21-33-53(57)59-49-39-47(7)51(55(9,10)41-49)37-35-45(5)31-25-29-43(3)27-23-24-28-44(4)30-26-32-46(6)36-38-52-48(8)40-50(42-56(52,11)12)60-54(58)34-22-20-18-16-14-2/h23-32,35-38,49-50H,13-22,33-34,39-42H2,1-12H3. The highest BCUT2D eigenvalue weighted by Gasteiger charge is 2.35. The van der Waals surface area contributed by atoms with Crippen molar-refractivity contribution in [3.63, 3.8) is 0 Å². The van der Waals surface area contributed by atoms with Crippen molar-refractivity contribution in [1.82, 2.24) is 0 Å².